The van der Waals surface area contributed by atoms with Gasteiger partial charge < -0.3 is 10.4 Å². The summed E-state index contributed by atoms with van der Waals surface area (Å²) in [5.41, 5.74) is -0.159. The fraction of sp³-hybridized carbons (Fsp3) is 1.00. The van der Waals surface area contributed by atoms with Crippen molar-refractivity contribution >= 4 is 0 Å². The summed E-state index contributed by atoms with van der Waals surface area (Å²) in [6.45, 7) is 13.8. The molecule has 1 fully saturated rings. The van der Waals surface area contributed by atoms with Crippen LogP contribution in [0.25, 0.3) is 0 Å². The number of nitrogens with zero attached hydrogens (tertiary/aromatic N) is 2. The number of hydrogen-bond donors (Lipinski definition) is 2. The molecule has 4 heteroatoms. The number of piperazine rings is 1. The largest absolute Gasteiger partial charge is 0.394 e. The normalized spacial score (nSPS) is 24.9. The van der Waals surface area contributed by atoms with Gasteiger partial charge in [0.1, 0.15) is 0 Å². The van der Waals surface area contributed by atoms with Crippen LogP contribution in [0.1, 0.15) is 40.5 Å². The van der Waals surface area contributed by atoms with Gasteiger partial charge in [-0.25, -0.2) is 0 Å². The molecule has 0 bridgehead atoms. The van der Waals surface area contributed by atoms with E-state index in [0.717, 1.165) is 19.5 Å². The third-order valence-corrected chi connectivity index (χ3v) is 4.88. The summed E-state index contributed by atoms with van der Waals surface area (Å²) in [5, 5.41) is 12.7. The lowest BCUT2D eigenvalue weighted by atomic mass is 9.93. The molecule has 19 heavy (non-hydrogen) atoms. The molecule has 0 amide bonds. The van der Waals surface area contributed by atoms with Crippen molar-refractivity contribution in [1.82, 2.24) is 15.1 Å². The Hall–Kier alpha value is -0.160. The Bertz CT molecular complexity index is 248. The van der Waals surface area contributed by atoms with Crippen LogP contribution in [-0.2, 0) is 0 Å². The van der Waals surface area contributed by atoms with Crippen molar-refractivity contribution in [3.63, 3.8) is 0 Å². The van der Waals surface area contributed by atoms with Gasteiger partial charge in [0.05, 0.1) is 6.61 Å². The van der Waals surface area contributed by atoms with Gasteiger partial charge in [-0.1, -0.05) is 6.92 Å². The molecule has 0 spiro atoms. The van der Waals surface area contributed by atoms with Crippen LogP contribution in [0.5, 0.6) is 0 Å². The quantitative estimate of drug-likeness (QED) is 0.729. The minimum atomic E-state index is -0.159. The van der Waals surface area contributed by atoms with Crippen LogP contribution in [0, 0.1) is 0 Å². The van der Waals surface area contributed by atoms with Crippen molar-refractivity contribution in [2.24, 2.45) is 0 Å². The number of nitrogens with one attached hydrogen (secondary N) is 1. The van der Waals surface area contributed by atoms with Crippen molar-refractivity contribution in [1.29, 1.82) is 0 Å². The van der Waals surface area contributed by atoms with Crippen LogP contribution >= 0.6 is 0 Å². The van der Waals surface area contributed by atoms with Crippen LogP contribution in [-0.4, -0.2) is 72.4 Å². The highest BCUT2D eigenvalue weighted by molar-refractivity contribution is 4.87. The maximum atomic E-state index is 9.49. The molecule has 1 rings (SSSR count). The van der Waals surface area contributed by atoms with Gasteiger partial charge in [-0.2, -0.15) is 0 Å². The number of likely N-dealkylation sites (N-methyl/N-ethyl adjacent to an activating group) is 1. The minimum absolute atomic E-state index is 0.159. The summed E-state index contributed by atoms with van der Waals surface area (Å²) in [6, 6.07) is 1.22. The van der Waals surface area contributed by atoms with Crippen LogP contribution < -0.4 is 5.32 Å². The highest BCUT2D eigenvalue weighted by Crippen LogP contribution is 2.18. The standard InChI is InChI=1S/C15H33N3O/c1-6-13(2)17-7-9-18(10-8-17)14(3)11-15(4,12-19)16-5/h13-14,16,19H,6-12H2,1-5H3. The van der Waals surface area contributed by atoms with E-state index in [9.17, 15) is 5.11 Å². The third kappa shape index (κ3) is 4.71. The summed E-state index contributed by atoms with van der Waals surface area (Å²) < 4.78 is 0. The lowest BCUT2D eigenvalue weighted by molar-refractivity contribution is 0.0576. The first-order chi connectivity index (χ1) is 8.95. The molecule has 4 nitrogen and oxygen atoms in total. The summed E-state index contributed by atoms with van der Waals surface area (Å²) in [7, 11) is 1.93. The minimum Gasteiger partial charge on any atom is -0.394 e. The average Bonchev–Trinajstić information content (AvgIpc) is 2.46. The van der Waals surface area contributed by atoms with Gasteiger partial charge in [0.25, 0.3) is 0 Å². The predicted molar refractivity (Wildman–Crippen MR) is 81.5 cm³/mol. The zero-order valence-electron chi connectivity index (χ0n) is 13.4. The van der Waals surface area contributed by atoms with Gasteiger partial charge in [0.2, 0.25) is 0 Å². The summed E-state index contributed by atoms with van der Waals surface area (Å²) in [4.78, 5) is 5.15. The number of hydrogen-bond acceptors (Lipinski definition) is 4. The smallest absolute Gasteiger partial charge is 0.0611 e. The molecular formula is C15H33N3O. The molecule has 1 saturated heterocycles. The SMILES string of the molecule is CCC(C)N1CCN(C(C)CC(C)(CO)NC)CC1. The zero-order chi connectivity index (χ0) is 14.5. The van der Waals surface area contributed by atoms with E-state index >= 15 is 0 Å². The maximum Gasteiger partial charge on any atom is 0.0611 e. The van der Waals surface area contributed by atoms with E-state index in [1.54, 1.807) is 0 Å². The first-order valence-electron chi connectivity index (χ1n) is 7.73. The van der Waals surface area contributed by atoms with E-state index in [-0.39, 0.29) is 12.1 Å². The molecule has 2 N–H and O–H groups in total. The molecular weight excluding hydrogens is 238 g/mol. The lowest BCUT2D eigenvalue weighted by Gasteiger charge is -2.42. The molecule has 1 aliphatic rings. The predicted octanol–water partition coefficient (Wildman–Crippen LogP) is 1.15. The van der Waals surface area contributed by atoms with E-state index in [0.29, 0.717) is 12.1 Å². The third-order valence-electron chi connectivity index (χ3n) is 4.88. The van der Waals surface area contributed by atoms with Crippen molar-refractivity contribution in [3.05, 3.63) is 0 Å². The second-order valence-corrected chi connectivity index (χ2v) is 6.35. The fourth-order valence-electron chi connectivity index (χ4n) is 2.90. The molecule has 0 aromatic heterocycles. The molecule has 1 heterocycles. The van der Waals surface area contributed by atoms with Crippen molar-refractivity contribution in [3.8, 4) is 0 Å². The van der Waals surface area contributed by atoms with E-state index in [1.807, 2.05) is 7.05 Å². The molecule has 0 aromatic carbocycles. The molecule has 3 atom stereocenters. The summed E-state index contributed by atoms with van der Waals surface area (Å²) >= 11 is 0. The van der Waals surface area contributed by atoms with Crippen LogP contribution in [0.3, 0.4) is 0 Å². The van der Waals surface area contributed by atoms with Gasteiger partial charge in [-0.05, 0) is 40.7 Å². The van der Waals surface area contributed by atoms with Crippen LogP contribution in [0.4, 0.5) is 0 Å². The fourth-order valence-corrected chi connectivity index (χ4v) is 2.90. The average molecular weight is 271 g/mol. The van der Waals surface area contributed by atoms with Crippen molar-refractivity contribution < 1.29 is 5.11 Å². The van der Waals surface area contributed by atoms with Crippen LogP contribution in [0.15, 0.2) is 0 Å². The Kier molecular flexibility index (Phi) is 6.74. The van der Waals surface area contributed by atoms with Crippen LogP contribution in [0.2, 0.25) is 0 Å². The van der Waals surface area contributed by atoms with Gasteiger partial charge in [-0.3, -0.25) is 9.80 Å². The molecule has 0 radical (unpaired) electrons. The van der Waals surface area contributed by atoms with Gasteiger partial charge in [0, 0.05) is 43.8 Å². The van der Waals surface area contributed by atoms with E-state index < -0.39 is 0 Å². The Morgan fingerprint density at radius 2 is 1.58 bits per heavy atom. The first kappa shape index (κ1) is 16.9. The number of aliphatic hydroxyl groups is 1. The molecule has 114 valence electrons. The topological polar surface area (TPSA) is 38.7 Å². The van der Waals surface area contributed by atoms with Crippen molar-refractivity contribution in [2.45, 2.75) is 58.2 Å². The summed E-state index contributed by atoms with van der Waals surface area (Å²) in [5.74, 6) is 0. The molecule has 1 aliphatic heterocycles. The summed E-state index contributed by atoms with van der Waals surface area (Å²) in [6.07, 6.45) is 2.22. The Morgan fingerprint density at radius 3 is 1.95 bits per heavy atom. The first-order valence-corrected chi connectivity index (χ1v) is 7.73. The number of aliphatic hydroxyl groups excluding tert-OH is 1. The van der Waals surface area contributed by atoms with Crippen molar-refractivity contribution in [2.75, 3.05) is 39.8 Å². The lowest BCUT2D eigenvalue weighted by Crippen LogP contribution is -2.55. The Morgan fingerprint density at radius 1 is 1.11 bits per heavy atom. The van der Waals surface area contributed by atoms with E-state index in [4.69, 9.17) is 0 Å². The maximum absolute atomic E-state index is 9.49. The molecule has 0 aliphatic carbocycles. The van der Waals surface area contributed by atoms with Gasteiger partial charge >= 0.3 is 0 Å². The van der Waals surface area contributed by atoms with E-state index in [2.05, 4.69) is 42.8 Å². The second kappa shape index (κ2) is 7.58. The van der Waals surface area contributed by atoms with Gasteiger partial charge in [0.15, 0.2) is 0 Å². The monoisotopic (exact) mass is 271 g/mol. The Balaban J connectivity index is 2.42. The van der Waals surface area contributed by atoms with E-state index in [1.165, 1.54) is 19.5 Å². The van der Waals surface area contributed by atoms with Gasteiger partial charge in [-0.15, -0.1) is 0 Å². The molecule has 0 saturated carbocycles. The molecule has 3 unspecified atom stereocenters. The highest BCUT2D eigenvalue weighted by atomic mass is 16.3. The Labute approximate surface area is 119 Å². The molecule has 0 aromatic rings. The zero-order valence-corrected chi connectivity index (χ0v) is 13.4. The highest BCUT2D eigenvalue weighted by Gasteiger charge is 2.29. The number of rotatable bonds is 7. The second-order valence-electron chi connectivity index (χ2n) is 6.35.